The zero-order chi connectivity index (χ0) is 27.4. The number of halogens is 2. The van der Waals surface area contributed by atoms with Crippen molar-refractivity contribution in [1.29, 1.82) is 5.26 Å². The predicted octanol–water partition coefficient (Wildman–Crippen LogP) is 11.6. The van der Waals surface area contributed by atoms with Gasteiger partial charge in [-0.3, -0.25) is 4.79 Å². The van der Waals surface area contributed by atoms with Gasteiger partial charge in [-0.1, -0.05) is 72.3 Å². The van der Waals surface area contributed by atoms with E-state index in [9.17, 15) is 23.9 Å². The summed E-state index contributed by atoms with van der Waals surface area (Å²) in [5.41, 5.74) is -3.69. The first-order chi connectivity index (χ1) is 17.2. The van der Waals surface area contributed by atoms with E-state index < -0.39 is 39.2 Å². The van der Waals surface area contributed by atoms with Crippen molar-refractivity contribution in [3.8, 4) is 11.8 Å². The van der Waals surface area contributed by atoms with E-state index in [1.165, 1.54) is 6.42 Å². The van der Waals surface area contributed by atoms with Gasteiger partial charge in [-0.05, 0) is 101 Å². The van der Waals surface area contributed by atoms with Gasteiger partial charge < -0.3 is 9.84 Å². The van der Waals surface area contributed by atoms with Crippen LogP contribution in [-0.2, 0) is 14.9 Å². The topological polar surface area (TPSA) is 70.3 Å². The first-order valence-electron chi connectivity index (χ1n) is 14.0. The Hall–Kier alpha value is -2.16. The zero-order valence-electron chi connectivity index (χ0n) is 23.3. The van der Waals surface area contributed by atoms with Gasteiger partial charge in [0, 0.05) is 17.7 Å². The van der Waals surface area contributed by atoms with Crippen LogP contribution < -0.4 is 0 Å². The fourth-order valence-corrected chi connectivity index (χ4v) is 8.68. The Morgan fingerprint density at radius 3 is 1.72 bits per heavy atom. The van der Waals surface area contributed by atoms with Crippen molar-refractivity contribution in [2.75, 3.05) is 0 Å². The molecule has 43 heavy (non-hydrogen) atoms. The molecule has 1 aromatic carbocycles. The van der Waals surface area contributed by atoms with Gasteiger partial charge in [-0.2, -0.15) is 5.26 Å². The monoisotopic (exact) mass is 612 g/mol. The summed E-state index contributed by atoms with van der Waals surface area (Å²) >= 11 is 0. The number of phenols is 1. The first kappa shape index (κ1) is 45.3. The Kier molecular flexibility index (Phi) is 16.5. The summed E-state index contributed by atoms with van der Waals surface area (Å²) in [6.45, 7) is 11.1. The van der Waals surface area contributed by atoms with Gasteiger partial charge >= 0.3 is 5.97 Å². The number of esters is 1. The molecule has 4 bridgehead atoms. The van der Waals surface area contributed by atoms with Gasteiger partial charge in [-0.15, -0.1) is 0 Å². The molecule has 4 nitrogen and oxygen atoms in total. The molecule has 0 aliphatic heterocycles. The molecule has 2 atom stereocenters. The maximum Gasteiger partial charge on any atom is 0.312 e. The van der Waals surface area contributed by atoms with Crippen LogP contribution in [-0.4, -0.2) is 16.7 Å². The van der Waals surface area contributed by atoms with Crippen LogP contribution >= 0.6 is 0 Å². The highest BCUT2D eigenvalue weighted by Crippen LogP contribution is 2.61. The Balaban J connectivity index is -0.00000267. The van der Waals surface area contributed by atoms with E-state index in [1.807, 2.05) is 13.8 Å². The van der Waals surface area contributed by atoms with Crippen LogP contribution in [0.5, 0.6) is 5.75 Å². The maximum atomic E-state index is 15.0. The SMILES string of the molecule is C.C.C.C.C.C.CCC(C)(C#N)CC(C)(CC(C)(C)c1c(F)cc(O)cc1F)C(=O)OC1(CC)C2CC3CC(C2)CC1C3. The fraction of sp³-hybridized carbons (Fsp3) is 0.784. The molecule has 4 fully saturated rings. The average Bonchev–Trinajstić information content (AvgIpc) is 2.79. The highest BCUT2D eigenvalue weighted by molar-refractivity contribution is 5.77. The van der Waals surface area contributed by atoms with Crippen LogP contribution in [0.1, 0.15) is 149 Å². The fourth-order valence-electron chi connectivity index (χ4n) is 8.68. The molecule has 0 spiro atoms. The molecule has 1 N–H and O–H groups in total. The van der Waals surface area contributed by atoms with Crippen LogP contribution in [0.25, 0.3) is 0 Å². The number of aromatic hydroxyl groups is 1. The van der Waals surface area contributed by atoms with Crippen molar-refractivity contribution >= 4 is 5.97 Å². The van der Waals surface area contributed by atoms with Crippen LogP contribution in [0.15, 0.2) is 12.1 Å². The van der Waals surface area contributed by atoms with E-state index in [2.05, 4.69) is 13.0 Å². The van der Waals surface area contributed by atoms with Gasteiger partial charge in [0.25, 0.3) is 0 Å². The molecule has 0 saturated heterocycles. The lowest BCUT2D eigenvalue weighted by atomic mass is 9.49. The number of rotatable bonds is 9. The van der Waals surface area contributed by atoms with Gasteiger partial charge in [0.05, 0.1) is 16.9 Å². The van der Waals surface area contributed by atoms with Gasteiger partial charge in [-0.25, -0.2) is 8.78 Å². The number of ether oxygens (including phenoxy) is 1. The summed E-state index contributed by atoms with van der Waals surface area (Å²) < 4.78 is 36.6. The van der Waals surface area contributed by atoms with E-state index in [1.54, 1.807) is 20.8 Å². The normalized spacial score (nSPS) is 27.4. The highest BCUT2D eigenvalue weighted by Gasteiger charge is 2.60. The van der Waals surface area contributed by atoms with E-state index in [0.717, 1.165) is 56.1 Å². The number of benzene rings is 1. The predicted molar refractivity (Wildman–Crippen MR) is 179 cm³/mol. The third-order valence-electron chi connectivity index (χ3n) is 10.2. The summed E-state index contributed by atoms with van der Waals surface area (Å²) in [4.78, 5) is 14.3. The Morgan fingerprint density at radius 1 is 0.907 bits per heavy atom. The van der Waals surface area contributed by atoms with E-state index in [-0.39, 0.29) is 68.9 Å². The van der Waals surface area contributed by atoms with Crippen molar-refractivity contribution in [3.63, 3.8) is 0 Å². The molecule has 1 aromatic rings. The molecule has 4 aliphatic rings. The quantitative estimate of drug-likeness (QED) is 0.282. The Morgan fingerprint density at radius 2 is 1.35 bits per heavy atom. The number of hydrogen-bond acceptors (Lipinski definition) is 4. The molecule has 0 amide bonds. The summed E-state index contributed by atoms with van der Waals surface area (Å²) in [6.07, 6.45) is 7.35. The third-order valence-corrected chi connectivity index (χ3v) is 10.2. The first-order valence-corrected chi connectivity index (χ1v) is 14.0. The van der Waals surface area contributed by atoms with E-state index in [0.29, 0.717) is 18.3 Å². The number of phenolic OH excluding ortho intramolecular Hbond substituents is 1. The van der Waals surface area contributed by atoms with Crippen molar-refractivity contribution < 1.29 is 23.4 Å². The van der Waals surface area contributed by atoms with Crippen molar-refractivity contribution in [2.24, 2.45) is 34.5 Å². The number of nitrogens with zero attached hydrogens (tertiary/aromatic N) is 1. The lowest BCUT2D eigenvalue weighted by Gasteiger charge is -2.60. The van der Waals surface area contributed by atoms with Gasteiger partial charge in [0.1, 0.15) is 23.0 Å². The second-order valence-corrected chi connectivity index (χ2v) is 13.6. The number of carbonyl (C=O) groups is 1. The minimum atomic E-state index is -1.14. The Bertz CT molecular complexity index is 1040. The molecule has 4 aliphatic carbocycles. The summed E-state index contributed by atoms with van der Waals surface area (Å²) in [6, 6.07) is 4.19. The van der Waals surface area contributed by atoms with Crippen LogP contribution in [0, 0.1) is 57.5 Å². The van der Waals surface area contributed by atoms with Crippen LogP contribution in [0.3, 0.4) is 0 Å². The van der Waals surface area contributed by atoms with Crippen molar-refractivity contribution in [2.45, 2.75) is 155 Å². The van der Waals surface area contributed by atoms with Crippen molar-refractivity contribution in [1.82, 2.24) is 0 Å². The molecule has 252 valence electrons. The summed E-state index contributed by atoms with van der Waals surface area (Å²) in [5, 5.41) is 19.7. The molecule has 0 heterocycles. The number of nitriles is 1. The van der Waals surface area contributed by atoms with Gasteiger partial charge in [0.2, 0.25) is 0 Å². The molecule has 2 unspecified atom stereocenters. The zero-order valence-corrected chi connectivity index (χ0v) is 23.3. The number of carbonyl (C=O) groups excluding carboxylic acids is 1. The molecule has 4 saturated carbocycles. The minimum Gasteiger partial charge on any atom is -0.508 e. The second-order valence-electron chi connectivity index (χ2n) is 13.6. The second kappa shape index (κ2) is 15.7. The Labute approximate surface area is 265 Å². The summed E-state index contributed by atoms with van der Waals surface area (Å²) in [5.74, 6) is -0.352. The molecule has 0 radical (unpaired) electrons. The minimum absolute atomic E-state index is 0. The van der Waals surface area contributed by atoms with Gasteiger partial charge in [0.15, 0.2) is 0 Å². The van der Waals surface area contributed by atoms with E-state index >= 15 is 0 Å². The third kappa shape index (κ3) is 8.12. The highest BCUT2D eigenvalue weighted by atomic mass is 19.1. The standard InChI is InChI=1S/C31H43F2NO3.6CH4/c1-7-29(5,18-34)17-30(6,16-28(3,4)26-24(32)14-23(35)15-25(26)33)27(36)37-31(8-2)21-10-19-9-20(12-21)13-22(31)11-19;;;;;;/h14-15,19-22,35H,7-13,16-17H2,1-6H3;6*1H4. The molecule has 0 aromatic heterocycles. The molecular formula is C37H67F2NO3. The number of hydrogen-bond donors (Lipinski definition) is 1. The smallest absolute Gasteiger partial charge is 0.312 e. The largest absolute Gasteiger partial charge is 0.508 e. The average molecular weight is 612 g/mol. The van der Waals surface area contributed by atoms with Crippen LogP contribution in [0.4, 0.5) is 8.78 Å². The van der Waals surface area contributed by atoms with Crippen molar-refractivity contribution in [3.05, 3.63) is 29.3 Å². The van der Waals surface area contributed by atoms with Crippen LogP contribution in [0.2, 0.25) is 0 Å². The summed E-state index contributed by atoms with van der Waals surface area (Å²) in [7, 11) is 0. The molecular weight excluding hydrogens is 544 g/mol. The molecule has 5 rings (SSSR count). The maximum absolute atomic E-state index is 15.0. The van der Waals surface area contributed by atoms with E-state index in [4.69, 9.17) is 4.74 Å². The molecule has 6 heteroatoms. The lowest BCUT2D eigenvalue weighted by molar-refractivity contribution is -0.221. The lowest BCUT2D eigenvalue weighted by Crippen LogP contribution is -2.60.